The summed E-state index contributed by atoms with van der Waals surface area (Å²) in [6, 6.07) is 81.4. The summed E-state index contributed by atoms with van der Waals surface area (Å²) in [7, 11) is 0. The topological polar surface area (TPSA) is 9.86 Å². The quantitative estimate of drug-likeness (QED) is 0.156. The highest BCUT2D eigenvalue weighted by Crippen LogP contribution is 2.46. The fraction of sp³-hybridized carbons (Fsp3) is 0.0145. The number of aromatic nitrogens is 2. The van der Waals surface area contributed by atoms with Crippen LogP contribution in [0.4, 0.5) is 0 Å². The van der Waals surface area contributed by atoms with Crippen LogP contribution in [0.5, 0.6) is 0 Å². The number of rotatable bonds is 3. The minimum absolute atomic E-state index is 0.865. The first-order valence-electron chi connectivity index (χ1n) is 24.7. The second-order valence-electron chi connectivity index (χ2n) is 19.2. The molecule has 1 aliphatic carbocycles. The molecule has 330 valence electrons. The lowest BCUT2D eigenvalue weighted by Gasteiger charge is -2.21. The Balaban J connectivity index is 0.939. The number of hydrogen-bond donors (Lipinski definition) is 0. The van der Waals surface area contributed by atoms with E-state index in [9.17, 15) is 0 Å². The predicted octanol–water partition coefficient (Wildman–Crippen LogP) is 18.7. The van der Waals surface area contributed by atoms with Crippen LogP contribution in [-0.2, 0) is 6.42 Å². The van der Waals surface area contributed by atoms with Gasteiger partial charge in [-0.05, 0) is 137 Å². The maximum Gasteiger partial charge on any atom is 0.0547 e. The van der Waals surface area contributed by atoms with E-state index in [0.29, 0.717) is 0 Å². The van der Waals surface area contributed by atoms with Gasteiger partial charge in [-0.3, -0.25) is 0 Å². The van der Waals surface area contributed by atoms with Crippen LogP contribution in [-0.4, -0.2) is 9.13 Å². The van der Waals surface area contributed by atoms with Crippen LogP contribution in [0.3, 0.4) is 0 Å². The van der Waals surface area contributed by atoms with Gasteiger partial charge in [-0.1, -0.05) is 201 Å². The number of fused-ring (bicyclic) bond motifs is 19. The molecule has 2 aromatic heterocycles. The van der Waals surface area contributed by atoms with Crippen molar-refractivity contribution in [3.8, 4) is 33.6 Å². The Morgan fingerprint density at radius 2 is 0.775 bits per heavy atom. The van der Waals surface area contributed by atoms with Crippen molar-refractivity contribution >= 4 is 103 Å². The molecule has 12 aromatic carbocycles. The Morgan fingerprint density at radius 3 is 1.41 bits per heavy atom. The molecule has 0 unspecified atom stereocenters. The molecule has 0 saturated heterocycles. The summed E-state index contributed by atoms with van der Waals surface area (Å²) in [5.74, 6) is 0. The number of allylic oxidation sites excluding steroid dienone is 5. The van der Waals surface area contributed by atoms with E-state index in [0.717, 1.165) is 23.2 Å². The van der Waals surface area contributed by atoms with Crippen molar-refractivity contribution < 1.29 is 0 Å². The average Bonchev–Trinajstić information content (AvgIpc) is 3.94. The van der Waals surface area contributed by atoms with Crippen molar-refractivity contribution in [2.45, 2.75) is 6.42 Å². The highest BCUT2D eigenvalue weighted by atomic mass is 15.0. The molecular weight excluding hydrogens is 857 g/mol. The number of nitrogens with zero attached hydrogens (tertiary/aromatic N) is 2. The van der Waals surface area contributed by atoms with Gasteiger partial charge in [0, 0.05) is 32.3 Å². The summed E-state index contributed by atoms with van der Waals surface area (Å²) < 4.78 is 4.99. The van der Waals surface area contributed by atoms with Gasteiger partial charge in [0.2, 0.25) is 0 Å². The number of hydrogen-bond acceptors (Lipinski definition) is 0. The molecule has 2 heterocycles. The van der Waals surface area contributed by atoms with E-state index in [1.165, 1.54) is 131 Å². The van der Waals surface area contributed by atoms with Gasteiger partial charge in [-0.2, -0.15) is 0 Å². The van der Waals surface area contributed by atoms with Gasteiger partial charge < -0.3 is 9.13 Å². The van der Waals surface area contributed by atoms with Crippen molar-refractivity contribution in [1.29, 1.82) is 0 Å². The smallest absolute Gasteiger partial charge is 0.0547 e. The fourth-order valence-electron chi connectivity index (χ4n) is 12.3. The van der Waals surface area contributed by atoms with Gasteiger partial charge >= 0.3 is 0 Å². The van der Waals surface area contributed by atoms with E-state index in [1.54, 1.807) is 0 Å². The van der Waals surface area contributed by atoms with E-state index in [2.05, 4.69) is 258 Å². The number of benzene rings is 12. The summed E-state index contributed by atoms with van der Waals surface area (Å²) in [6.07, 6.45) is 9.53. The monoisotopic (exact) mass is 900 g/mol. The third-order valence-electron chi connectivity index (χ3n) is 15.4. The Kier molecular flexibility index (Phi) is 8.61. The summed E-state index contributed by atoms with van der Waals surface area (Å²) in [5, 5.41) is 17.6. The van der Waals surface area contributed by atoms with Gasteiger partial charge in [0.05, 0.1) is 33.4 Å². The second kappa shape index (κ2) is 15.4. The highest BCUT2D eigenvalue weighted by Gasteiger charge is 2.23. The lowest BCUT2D eigenvalue weighted by molar-refractivity contribution is 1.19. The van der Waals surface area contributed by atoms with Gasteiger partial charge in [-0.15, -0.1) is 0 Å². The maximum absolute atomic E-state index is 4.68. The molecule has 2 nitrogen and oxygen atoms in total. The SMILES string of the molecule is C=C1/C=C\C=C/Cc2ccccc2-c2c1cc(-n1c3ccccc3c3cc(-c4ccc5c(c4)c4ccccc4n5-c4cc5c6ccccc6c6ccccc6c5c5ccccc45)ccc31)c1ccccc21. The molecule has 2 heteroatoms. The standard InChI is InChI=1S/C69H44N2/c1-43-19-3-2-4-20-44-21-5-6-22-47(44)68-56-31-13-10-26-51(56)66(41-58(43)68)70-62-33-17-15-28-53(62)59-39-45(35-37-64(59)70)46-36-38-65-60(40-46)54-29-16-18-34-63(54)71(65)67-42-61-50-25-8-7-23-48(50)49-24-9-12-30-55(49)69(61)57-32-14-11-27-52(57)67/h2-19,21-42H,1,20H2/b4-2-,19-3-. The molecule has 0 radical (unpaired) electrons. The highest BCUT2D eigenvalue weighted by molar-refractivity contribution is 6.33. The van der Waals surface area contributed by atoms with Crippen LogP contribution < -0.4 is 0 Å². The Morgan fingerprint density at radius 1 is 0.324 bits per heavy atom. The number of para-hydroxylation sites is 2. The first-order valence-corrected chi connectivity index (χ1v) is 24.7. The molecular formula is C69H44N2. The molecule has 0 atom stereocenters. The van der Waals surface area contributed by atoms with Crippen LogP contribution >= 0.6 is 0 Å². The maximum atomic E-state index is 4.68. The average molecular weight is 901 g/mol. The van der Waals surface area contributed by atoms with Crippen LogP contribution in [0.1, 0.15) is 11.1 Å². The zero-order chi connectivity index (χ0) is 46.7. The third kappa shape index (κ3) is 5.83. The molecule has 71 heavy (non-hydrogen) atoms. The molecule has 0 spiro atoms. The first-order chi connectivity index (χ1) is 35.2. The van der Waals surface area contributed by atoms with Crippen LogP contribution in [0.25, 0.3) is 137 Å². The molecule has 0 bridgehead atoms. The molecule has 1 aliphatic rings. The zero-order valence-electron chi connectivity index (χ0n) is 38.9. The van der Waals surface area contributed by atoms with Gasteiger partial charge in [0.15, 0.2) is 0 Å². The summed E-state index contributed by atoms with van der Waals surface area (Å²) >= 11 is 0. The van der Waals surface area contributed by atoms with Crippen LogP contribution in [0, 0.1) is 0 Å². The minimum atomic E-state index is 0.865. The molecule has 14 aromatic rings. The molecule has 0 saturated carbocycles. The molecule has 0 aliphatic heterocycles. The predicted molar refractivity (Wildman–Crippen MR) is 305 cm³/mol. The van der Waals surface area contributed by atoms with Crippen molar-refractivity contribution in [3.05, 3.63) is 260 Å². The van der Waals surface area contributed by atoms with Crippen molar-refractivity contribution in [3.63, 3.8) is 0 Å². The zero-order valence-corrected chi connectivity index (χ0v) is 38.9. The lowest BCUT2D eigenvalue weighted by atomic mass is 9.86. The molecule has 0 fully saturated rings. The second-order valence-corrected chi connectivity index (χ2v) is 19.2. The van der Waals surface area contributed by atoms with E-state index >= 15 is 0 Å². The summed E-state index contributed by atoms with van der Waals surface area (Å²) in [6.45, 7) is 4.68. The van der Waals surface area contributed by atoms with E-state index in [1.807, 2.05) is 0 Å². The lowest BCUT2D eigenvalue weighted by Crippen LogP contribution is -2.01. The largest absolute Gasteiger partial charge is 0.309 e. The third-order valence-corrected chi connectivity index (χ3v) is 15.4. The Labute approximate surface area is 410 Å². The van der Waals surface area contributed by atoms with Crippen molar-refractivity contribution in [2.24, 2.45) is 0 Å². The molecule has 15 rings (SSSR count). The van der Waals surface area contributed by atoms with Crippen LogP contribution in [0.15, 0.2) is 249 Å². The Hall–Kier alpha value is -9.24. The van der Waals surface area contributed by atoms with Gasteiger partial charge in [0.1, 0.15) is 0 Å². The van der Waals surface area contributed by atoms with E-state index in [-0.39, 0.29) is 0 Å². The van der Waals surface area contributed by atoms with Crippen molar-refractivity contribution in [2.75, 3.05) is 0 Å². The normalized spacial score (nSPS) is 13.8. The van der Waals surface area contributed by atoms with E-state index in [4.69, 9.17) is 0 Å². The molecule has 0 N–H and O–H groups in total. The minimum Gasteiger partial charge on any atom is -0.309 e. The summed E-state index contributed by atoms with van der Waals surface area (Å²) in [5.41, 5.74) is 15.4. The van der Waals surface area contributed by atoms with Crippen molar-refractivity contribution in [1.82, 2.24) is 9.13 Å². The summed E-state index contributed by atoms with van der Waals surface area (Å²) in [4.78, 5) is 0. The van der Waals surface area contributed by atoms with Crippen LogP contribution in [0.2, 0.25) is 0 Å². The fourth-order valence-corrected chi connectivity index (χ4v) is 12.3. The first kappa shape index (κ1) is 39.7. The Bertz CT molecular complexity index is 4680. The van der Waals surface area contributed by atoms with Gasteiger partial charge in [-0.25, -0.2) is 0 Å². The van der Waals surface area contributed by atoms with E-state index < -0.39 is 0 Å². The molecule has 0 amide bonds. The van der Waals surface area contributed by atoms with Gasteiger partial charge in [0.25, 0.3) is 0 Å².